The summed E-state index contributed by atoms with van der Waals surface area (Å²) in [6.07, 6.45) is 0.632. The van der Waals surface area contributed by atoms with Crippen LogP contribution >= 0.6 is 0 Å². The number of hydrazine groups is 1. The van der Waals surface area contributed by atoms with E-state index in [4.69, 9.17) is 4.74 Å². The van der Waals surface area contributed by atoms with E-state index in [1.165, 1.54) is 0 Å². The predicted molar refractivity (Wildman–Crippen MR) is 108 cm³/mol. The van der Waals surface area contributed by atoms with E-state index in [1.807, 2.05) is 49.4 Å². The Kier molecular flexibility index (Phi) is 6.62. The molecular formula is C21H26N4O3. The topological polar surface area (TPSA) is 82.7 Å². The maximum absolute atomic E-state index is 12.9. The molecule has 0 spiro atoms. The van der Waals surface area contributed by atoms with Gasteiger partial charge in [0.2, 0.25) is 11.8 Å². The molecule has 2 amide bonds. The average Bonchev–Trinajstić information content (AvgIpc) is 3.23. The molecule has 7 nitrogen and oxygen atoms in total. The first-order valence-corrected chi connectivity index (χ1v) is 9.40. The third kappa shape index (κ3) is 4.68. The van der Waals surface area contributed by atoms with Crippen LogP contribution in [-0.4, -0.2) is 43.0 Å². The summed E-state index contributed by atoms with van der Waals surface area (Å²) in [6, 6.07) is 16.9. The number of rotatable bonds is 7. The monoisotopic (exact) mass is 382 g/mol. The van der Waals surface area contributed by atoms with Gasteiger partial charge >= 0.3 is 0 Å². The summed E-state index contributed by atoms with van der Waals surface area (Å²) >= 11 is 0. The summed E-state index contributed by atoms with van der Waals surface area (Å²) in [5, 5.41) is 2.81. The van der Waals surface area contributed by atoms with Crippen molar-refractivity contribution in [2.75, 3.05) is 25.5 Å². The van der Waals surface area contributed by atoms with E-state index in [-0.39, 0.29) is 30.4 Å². The number of hydrogen-bond acceptors (Lipinski definition) is 5. The maximum Gasteiger partial charge on any atom is 0.244 e. The molecule has 0 aromatic heterocycles. The molecule has 148 valence electrons. The van der Waals surface area contributed by atoms with E-state index in [1.54, 1.807) is 24.1 Å². The fourth-order valence-corrected chi connectivity index (χ4v) is 3.30. The van der Waals surface area contributed by atoms with Gasteiger partial charge in [-0.2, -0.15) is 0 Å². The highest BCUT2D eigenvalue weighted by atomic mass is 16.5. The number of nitrogens with zero attached hydrogens (tertiary/aromatic N) is 1. The largest absolute Gasteiger partial charge is 0.495 e. The number of carbonyl (C=O) groups is 2. The van der Waals surface area contributed by atoms with Crippen molar-refractivity contribution in [2.45, 2.75) is 25.4 Å². The van der Waals surface area contributed by atoms with Gasteiger partial charge in [0.1, 0.15) is 11.8 Å². The number of para-hydroxylation sites is 2. The van der Waals surface area contributed by atoms with E-state index < -0.39 is 0 Å². The third-order valence-corrected chi connectivity index (χ3v) is 4.81. The van der Waals surface area contributed by atoms with Crippen molar-refractivity contribution in [1.82, 2.24) is 15.8 Å². The zero-order chi connectivity index (χ0) is 19.9. The number of amides is 2. The molecule has 28 heavy (non-hydrogen) atoms. The lowest BCUT2D eigenvalue weighted by atomic mass is 10.0. The molecule has 1 heterocycles. The Hall–Kier alpha value is -2.90. The summed E-state index contributed by atoms with van der Waals surface area (Å²) < 4.78 is 5.25. The lowest BCUT2D eigenvalue weighted by Gasteiger charge is -2.23. The van der Waals surface area contributed by atoms with Gasteiger partial charge in [-0.05, 0) is 31.0 Å². The first kappa shape index (κ1) is 19.9. The normalized spacial score (nSPS) is 18.5. The van der Waals surface area contributed by atoms with Gasteiger partial charge in [-0.1, -0.05) is 42.5 Å². The Bertz CT molecular complexity index is 812. The fraction of sp³-hybridized carbons (Fsp3) is 0.333. The Balaban J connectivity index is 1.58. The van der Waals surface area contributed by atoms with Crippen molar-refractivity contribution in [3.05, 3.63) is 60.2 Å². The highest BCUT2D eigenvalue weighted by Gasteiger charge is 2.33. The van der Waals surface area contributed by atoms with Crippen molar-refractivity contribution in [3.8, 4) is 5.75 Å². The van der Waals surface area contributed by atoms with Crippen LogP contribution in [0.25, 0.3) is 0 Å². The third-order valence-electron chi connectivity index (χ3n) is 4.81. The van der Waals surface area contributed by atoms with Crippen LogP contribution in [-0.2, 0) is 9.59 Å². The second kappa shape index (κ2) is 9.34. The van der Waals surface area contributed by atoms with Gasteiger partial charge in [0, 0.05) is 12.6 Å². The molecule has 1 aliphatic rings. The first-order valence-electron chi connectivity index (χ1n) is 9.40. The van der Waals surface area contributed by atoms with Gasteiger partial charge in [0.25, 0.3) is 0 Å². The summed E-state index contributed by atoms with van der Waals surface area (Å²) in [5.74, 6) is 0.228. The van der Waals surface area contributed by atoms with Crippen molar-refractivity contribution < 1.29 is 14.3 Å². The van der Waals surface area contributed by atoms with Gasteiger partial charge in [-0.15, -0.1) is 0 Å². The second-order valence-electron chi connectivity index (χ2n) is 6.64. The molecule has 2 atom stereocenters. The minimum Gasteiger partial charge on any atom is -0.495 e. The van der Waals surface area contributed by atoms with E-state index in [9.17, 15) is 9.59 Å². The summed E-state index contributed by atoms with van der Waals surface area (Å²) in [7, 11) is 1.55. The number of carbonyl (C=O) groups excluding carboxylic acids is 2. The van der Waals surface area contributed by atoms with Crippen molar-refractivity contribution >= 4 is 17.5 Å². The van der Waals surface area contributed by atoms with Gasteiger partial charge < -0.3 is 15.0 Å². The molecule has 0 bridgehead atoms. The molecule has 0 aliphatic carbocycles. The number of ether oxygens (including phenoxy) is 1. The molecule has 3 rings (SSSR count). The first-order chi connectivity index (χ1) is 13.6. The second-order valence-corrected chi connectivity index (χ2v) is 6.64. The van der Waals surface area contributed by atoms with E-state index in [0.717, 1.165) is 5.56 Å². The molecule has 1 aliphatic heterocycles. The Morgan fingerprint density at radius 1 is 1.11 bits per heavy atom. The fourth-order valence-electron chi connectivity index (χ4n) is 3.30. The smallest absolute Gasteiger partial charge is 0.244 e. The predicted octanol–water partition coefficient (Wildman–Crippen LogP) is 2.09. The SMILES string of the molecule is CCN(CC(=O)Nc1ccccc1OC)C(=O)C1CC(c2ccccc2)NN1. The number of methoxy groups -OCH3 is 1. The van der Waals surface area contributed by atoms with Gasteiger partial charge in [-0.25, -0.2) is 10.9 Å². The van der Waals surface area contributed by atoms with Crippen molar-refractivity contribution in [1.29, 1.82) is 0 Å². The number of nitrogens with one attached hydrogen (secondary N) is 3. The van der Waals surface area contributed by atoms with Crippen LogP contribution in [0.1, 0.15) is 24.9 Å². The Morgan fingerprint density at radius 3 is 2.54 bits per heavy atom. The van der Waals surface area contributed by atoms with Crippen LogP contribution in [0.15, 0.2) is 54.6 Å². The minimum absolute atomic E-state index is 0.0123. The van der Waals surface area contributed by atoms with E-state index >= 15 is 0 Å². The number of anilines is 1. The Labute approximate surface area is 165 Å². The van der Waals surface area contributed by atoms with Crippen LogP contribution in [0.3, 0.4) is 0 Å². The Morgan fingerprint density at radius 2 is 1.82 bits per heavy atom. The lowest BCUT2D eigenvalue weighted by molar-refractivity contribution is -0.136. The van der Waals surface area contributed by atoms with Gasteiger partial charge in [0.15, 0.2) is 0 Å². The number of likely N-dealkylation sites (N-methyl/N-ethyl adjacent to an activating group) is 1. The lowest BCUT2D eigenvalue weighted by Crippen LogP contribution is -2.48. The number of benzene rings is 2. The molecule has 1 saturated heterocycles. The van der Waals surface area contributed by atoms with Crippen LogP contribution < -0.4 is 20.9 Å². The summed E-state index contributed by atoms with van der Waals surface area (Å²) in [4.78, 5) is 26.9. The molecule has 0 radical (unpaired) electrons. The van der Waals surface area contributed by atoms with Crippen molar-refractivity contribution in [2.24, 2.45) is 0 Å². The molecule has 2 aromatic carbocycles. The van der Waals surface area contributed by atoms with E-state index in [0.29, 0.717) is 24.4 Å². The van der Waals surface area contributed by atoms with Crippen molar-refractivity contribution in [3.63, 3.8) is 0 Å². The van der Waals surface area contributed by atoms with E-state index in [2.05, 4.69) is 16.2 Å². The molecule has 7 heteroatoms. The average molecular weight is 382 g/mol. The number of hydrogen-bond donors (Lipinski definition) is 3. The minimum atomic E-state index is -0.371. The van der Waals surface area contributed by atoms with Crippen LogP contribution in [0.2, 0.25) is 0 Å². The molecule has 3 N–H and O–H groups in total. The van der Waals surface area contributed by atoms with Gasteiger partial charge in [-0.3, -0.25) is 9.59 Å². The summed E-state index contributed by atoms with van der Waals surface area (Å²) in [6.45, 7) is 2.30. The van der Waals surface area contributed by atoms with Crippen LogP contribution in [0.5, 0.6) is 5.75 Å². The molecule has 2 aromatic rings. The highest BCUT2D eigenvalue weighted by molar-refractivity contribution is 5.96. The summed E-state index contributed by atoms with van der Waals surface area (Å²) in [5.41, 5.74) is 7.96. The highest BCUT2D eigenvalue weighted by Crippen LogP contribution is 2.24. The van der Waals surface area contributed by atoms with Crippen LogP contribution in [0, 0.1) is 0 Å². The molecule has 0 saturated carbocycles. The standard InChI is InChI=1S/C21H26N4O3/c1-3-25(14-20(26)22-16-11-7-8-12-19(16)28-2)21(27)18-13-17(23-24-18)15-9-5-4-6-10-15/h4-12,17-18,23-24H,3,13-14H2,1-2H3,(H,22,26). The zero-order valence-electron chi connectivity index (χ0n) is 16.1. The quantitative estimate of drug-likeness (QED) is 0.683. The zero-order valence-corrected chi connectivity index (χ0v) is 16.1. The molecule has 2 unspecified atom stereocenters. The van der Waals surface area contributed by atoms with Gasteiger partial charge in [0.05, 0.1) is 19.3 Å². The van der Waals surface area contributed by atoms with Crippen LogP contribution in [0.4, 0.5) is 5.69 Å². The maximum atomic E-state index is 12.9. The molecule has 1 fully saturated rings. The molecular weight excluding hydrogens is 356 g/mol.